The fourth-order valence-corrected chi connectivity index (χ4v) is 2.86. The molecule has 0 atom stereocenters. The molecular weight excluding hydrogens is 352 g/mol. The highest BCUT2D eigenvalue weighted by molar-refractivity contribution is 6.42. The van der Waals surface area contributed by atoms with Crippen LogP contribution in [-0.2, 0) is 0 Å². The van der Waals surface area contributed by atoms with Gasteiger partial charge in [-0.2, -0.15) is 13.2 Å². The third-order valence-electron chi connectivity index (χ3n) is 3.10. The SMILES string of the molecule is FC(F)(F)COc1ccccc1-c1c(Cl)cc2[nH][c]nc2c1Cl. The highest BCUT2D eigenvalue weighted by atomic mass is 35.5. The lowest BCUT2D eigenvalue weighted by atomic mass is 10.0. The van der Waals surface area contributed by atoms with Gasteiger partial charge in [-0.05, 0) is 12.1 Å². The average Bonchev–Trinajstić information content (AvgIpc) is 2.94. The fraction of sp³-hybridized carbons (Fsp3) is 0.133. The maximum absolute atomic E-state index is 12.4. The van der Waals surface area contributed by atoms with Gasteiger partial charge in [-0.15, -0.1) is 0 Å². The van der Waals surface area contributed by atoms with E-state index in [2.05, 4.69) is 16.3 Å². The Morgan fingerprint density at radius 1 is 1.22 bits per heavy atom. The van der Waals surface area contributed by atoms with Crippen molar-refractivity contribution in [3.8, 4) is 16.9 Å². The molecule has 0 spiro atoms. The topological polar surface area (TPSA) is 37.9 Å². The first-order chi connectivity index (χ1) is 10.9. The number of nitrogens with one attached hydrogen (secondary N) is 1. The van der Waals surface area contributed by atoms with E-state index in [1.54, 1.807) is 24.3 Å². The molecule has 2 aromatic carbocycles. The lowest BCUT2D eigenvalue weighted by Crippen LogP contribution is -2.19. The maximum Gasteiger partial charge on any atom is 0.422 e. The molecule has 0 bridgehead atoms. The Morgan fingerprint density at radius 3 is 2.70 bits per heavy atom. The molecule has 119 valence electrons. The zero-order valence-corrected chi connectivity index (χ0v) is 12.9. The Balaban J connectivity index is 2.12. The van der Waals surface area contributed by atoms with Crippen molar-refractivity contribution in [2.24, 2.45) is 0 Å². The molecule has 23 heavy (non-hydrogen) atoms. The van der Waals surface area contributed by atoms with Crippen molar-refractivity contribution in [3.05, 3.63) is 46.7 Å². The number of hydrogen-bond acceptors (Lipinski definition) is 2. The molecule has 0 saturated carbocycles. The molecule has 8 heteroatoms. The van der Waals surface area contributed by atoms with E-state index >= 15 is 0 Å². The zero-order chi connectivity index (χ0) is 16.6. The monoisotopic (exact) mass is 359 g/mol. The van der Waals surface area contributed by atoms with E-state index in [0.717, 1.165) is 0 Å². The highest BCUT2D eigenvalue weighted by Crippen LogP contribution is 2.42. The van der Waals surface area contributed by atoms with Gasteiger partial charge in [0.15, 0.2) is 12.9 Å². The molecule has 0 amide bonds. The van der Waals surface area contributed by atoms with Crippen LogP contribution < -0.4 is 4.74 Å². The molecule has 3 rings (SSSR count). The summed E-state index contributed by atoms with van der Waals surface area (Å²) in [6.45, 7) is -1.41. The van der Waals surface area contributed by atoms with Gasteiger partial charge in [-0.3, -0.25) is 0 Å². The molecule has 0 aliphatic carbocycles. The third-order valence-corrected chi connectivity index (χ3v) is 3.76. The number of fused-ring (bicyclic) bond motifs is 1. The first-order valence-electron chi connectivity index (χ1n) is 6.39. The van der Waals surface area contributed by atoms with E-state index in [9.17, 15) is 13.2 Å². The molecular formula is C15H8Cl2F3N2O. The smallest absolute Gasteiger partial charge is 0.422 e. The van der Waals surface area contributed by atoms with Crippen LogP contribution in [0.1, 0.15) is 0 Å². The second-order valence-corrected chi connectivity index (χ2v) is 5.48. The molecule has 0 fully saturated rings. The molecule has 1 aromatic heterocycles. The van der Waals surface area contributed by atoms with Crippen molar-refractivity contribution in [1.82, 2.24) is 9.97 Å². The zero-order valence-electron chi connectivity index (χ0n) is 11.3. The number of benzene rings is 2. The minimum Gasteiger partial charge on any atom is -0.483 e. The predicted octanol–water partition coefficient (Wildman–Crippen LogP) is 5.28. The van der Waals surface area contributed by atoms with Crippen LogP contribution in [0.3, 0.4) is 0 Å². The summed E-state index contributed by atoms with van der Waals surface area (Å²) in [7, 11) is 0. The molecule has 1 heterocycles. The first-order valence-corrected chi connectivity index (χ1v) is 7.15. The third kappa shape index (κ3) is 3.23. The summed E-state index contributed by atoms with van der Waals surface area (Å²) in [5.41, 5.74) is 1.73. The van der Waals surface area contributed by atoms with E-state index in [4.69, 9.17) is 27.9 Å². The Hall–Kier alpha value is -1.92. The van der Waals surface area contributed by atoms with Gasteiger partial charge in [0.1, 0.15) is 11.3 Å². The van der Waals surface area contributed by atoms with Crippen LogP contribution in [0.25, 0.3) is 22.2 Å². The van der Waals surface area contributed by atoms with Gasteiger partial charge in [0.2, 0.25) is 0 Å². The summed E-state index contributed by atoms with van der Waals surface area (Å²) < 4.78 is 42.1. The van der Waals surface area contributed by atoms with Gasteiger partial charge in [0.25, 0.3) is 0 Å². The largest absolute Gasteiger partial charge is 0.483 e. The number of halogens is 5. The van der Waals surface area contributed by atoms with Crippen LogP contribution in [0.2, 0.25) is 10.0 Å². The number of aromatic nitrogens is 2. The maximum atomic E-state index is 12.4. The highest BCUT2D eigenvalue weighted by Gasteiger charge is 2.29. The molecule has 1 radical (unpaired) electrons. The van der Waals surface area contributed by atoms with Crippen molar-refractivity contribution in [2.75, 3.05) is 6.61 Å². The van der Waals surface area contributed by atoms with Crippen LogP contribution in [0.5, 0.6) is 5.75 Å². The van der Waals surface area contributed by atoms with Crippen LogP contribution in [0.4, 0.5) is 13.2 Å². The molecule has 0 aliphatic heterocycles. The van der Waals surface area contributed by atoms with Crippen molar-refractivity contribution in [2.45, 2.75) is 6.18 Å². The summed E-state index contributed by atoms with van der Waals surface area (Å²) in [4.78, 5) is 6.72. The number of alkyl halides is 3. The van der Waals surface area contributed by atoms with Crippen molar-refractivity contribution >= 4 is 34.2 Å². The first kappa shape index (κ1) is 16.0. The summed E-state index contributed by atoms with van der Waals surface area (Å²) in [5, 5.41) is 0.483. The standard InChI is InChI=1S/C15H8Cl2F3N2O/c16-9-5-10-14(22-7-21-10)13(17)12(9)8-3-1-2-4-11(8)23-6-15(18,19)20/h1-5H,6H2,(H,21,22). The molecule has 3 aromatic rings. The minimum atomic E-state index is -4.44. The molecule has 3 nitrogen and oxygen atoms in total. The quantitative estimate of drug-likeness (QED) is 0.690. The van der Waals surface area contributed by atoms with E-state index in [-0.39, 0.29) is 15.8 Å². The van der Waals surface area contributed by atoms with Gasteiger partial charge < -0.3 is 9.72 Å². The molecule has 0 unspecified atom stereocenters. The number of hydrogen-bond donors (Lipinski definition) is 1. The Morgan fingerprint density at radius 2 is 1.96 bits per heavy atom. The van der Waals surface area contributed by atoms with Gasteiger partial charge >= 0.3 is 6.18 Å². The van der Waals surface area contributed by atoms with E-state index in [1.165, 1.54) is 6.07 Å². The number of aromatic amines is 1. The van der Waals surface area contributed by atoms with Crippen molar-refractivity contribution in [1.29, 1.82) is 0 Å². The van der Waals surface area contributed by atoms with Gasteiger partial charge in [-0.25, -0.2) is 4.98 Å². The Labute approximate surface area is 139 Å². The summed E-state index contributed by atoms with van der Waals surface area (Å²) in [6.07, 6.45) is -1.90. The van der Waals surface area contributed by atoms with Crippen molar-refractivity contribution < 1.29 is 17.9 Å². The Kier molecular flexibility index (Phi) is 4.12. The minimum absolute atomic E-state index is 0.0347. The lowest BCUT2D eigenvalue weighted by Gasteiger charge is -2.15. The number of nitrogens with zero attached hydrogens (tertiary/aromatic N) is 1. The number of rotatable bonds is 3. The molecule has 1 N–H and O–H groups in total. The Bertz CT molecular complexity index is 862. The van der Waals surface area contributed by atoms with Gasteiger partial charge in [0, 0.05) is 11.1 Å². The number of ether oxygens (including phenoxy) is 1. The summed E-state index contributed by atoms with van der Waals surface area (Å²) in [6, 6.07) is 7.82. The second kappa shape index (κ2) is 5.94. The molecule has 0 saturated heterocycles. The van der Waals surface area contributed by atoms with E-state index < -0.39 is 12.8 Å². The van der Waals surface area contributed by atoms with Crippen LogP contribution >= 0.6 is 23.2 Å². The predicted molar refractivity (Wildman–Crippen MR) is 81.9 cm³/mol. The molecule has 0 aliphatic rings. The lowest BCUT2D eigenvalue weighted by molar-refractivity contribution is -0.153. The van der Waals surface area contributed by atoms with E-state index in [1.807, 2.05) is 0 Å². The van der Waals surface area contributed by atoms with Crippen LogP contribution in [-0.4, -0.2) is 22.8 Å². The van der Waals surface area contributed by atoms with Gasteiger partial charge in [0.05, 0.1) is 15.6 Å². The summed E-state index contributed by atoms with van der Waals surface area (Å²) >= 11 is 12.6. The van der Waals surface area contributed by atoms with Crippen LogP contribution in [0.15, 0.2) is 30.3 Å². The number of para-hydroxylation sites is 1. The average molecular weight is 360 g/mol. The fourth-order valence-electron chi connectivity index (χ4n) is 2.16. The normalized spacial score (nSPS) is 11.9. The summed E-state index contributed by atoms with van der Waals surface area (Å²) in [5.74, 6) is 0.0347. The van der Waals surface area contributed by atoms with Crippen molar-refractivity contribution in [3.63, 3.8) is 0 Å². The number of imidazole rings is 1. The van der Waals surface area contributed by atoms with Crippen LogP contribution in [0, 0.1) is 6.33 Å². The number of H-pyrrole nitrogens is 1. The van der Waals surface area contributed by atoms with Gasteiger partial charge in [-0.1, -0.05) is 41.4 Å². The van der Waals surface area contributed by atoms with E-state index in [0.29, 0.717) is 22.2 Å². The second-order valence-electron chi connectivity index (χ2n) is 4.69.